The number of hydrogen-bond donors (Lipinski definition) is 2. The summed E-state index contributed by atoms with van der Waals surface area (Å²) in [5.74, 6) is 1.65. The predicted octanol–water partition coefficient (Wildman–Crippen LogP) is 2.16. The van der Waals surface area contributed by atoms with Crippen molar-refractivity contribution in [2.45, 2.75) is 45.4 Å². The van der Waals surface area contributed by atoms with Gasteiger partial charge in [-0.2, -0.15) is 0 Å². The van der Waals surface area contributed by atoms with E-state index in [1.54, 1.807) is 0 Å². The lowest BCUT2D eigenvalue weighted by Crippen LogP contribution is -2.59. The first-order chi connectivity index (χ1) is 16.5. The summed E-state index contributed by atoms with van der Waals surface area (Å²) in [5, 5.41) is 5.96. The smallest absolute Gasteiger partial charge is 0.160 e. The van der Waals surface area contributed by atoms with E-state index in [1.165, 1.54) is 5.57 Å². The van der Waals surface area contributed by atoms with Crippen molar-refractivity contribution in [1.82, 2.24) is 25.6 Å². The van der Waals surface area contributed by atoms with Crippen molar-refractivity contribution in [3.05, 3.63) is 41.1 Å². The largest absolute Gasteiger partial charge is 0.485 e. The Labute approximate surface area is 202 Å². The summed E-state index contributed by atoms with van der Waals surface area (Å²) in [6.07, 6.45) is 5.91. The Bertz CT molecular complexity index is 993. The number of ether oxygens (including phenoxy) is 2. The second kappa shape index (κ2) is 9.93. The first-order valence-corrected chi connectivity index (χ1v) is 12.3. The number of fused-ring (bicyclic) bond motifs is 2. The summed E-state index contributed by atoms with van der Waals surface area (Å²) in [6, 6.07) is 2.81. The fourth-order valence-corrected chi connectivity index (χ4v) is 5.23. The van der Waals surface area contributed by atoms with Crippen LogP contribution in [0.5, 0.6) is 0 Å². The monoisotopic (exact) mass is 467 g/mol. The number of likely N-dealkylation sites (N-methyl/N-ethyl adjacent to an activating group) is 1. The van der Waals surface area contributed by atoms with Gasteiger partial charge in [0, 0.05) is 57.4 Å². The number of hydrazine groups is 1. The summed E-state index contributed by atoms with van der Waals surface area (Å²) in [7, 11) is 4.15. The lowest BCUT2D eigenvalue weighted by atomic mass is 10.0. The van der Waals surface area contributed by atoms with Gasteiger partial charge in [0.2, 0.25) is 0 Å². The van der Waals surface area contributed by atoms with Crippen LogP contribution in [0.15, 0.2) is 40.5 Å². The van der Waals surface area contributed by atoms with Gasteiger partial charge >= 0.3 is 0 Å². The van der Waals surface area contributed by atoms with Crippen molar-refractivity contribution >= 4 is 17.2 Å². The van der Waals surface area contributed by atoms with Gasteiger partial charge in [-0.25, -0.2) is 15.4 Å². The molecule has 0 saturated carbocycles. The van der Waals surface area contributed by atoms with Crippen LogP contribution in [0.4, 0.5) is 11.5 Å². The maximum atomic E-state index is 6.40. The number of nitrogens with zero attached hydrogens (tertiary/aromatic N) is 5. The fraction of sp³-hybridized carbons (Fsp3) is 0.600. The average Bonchev–Trinajstić information content (AvgIpc) is 3.11. The minimum Gasteiger partial charge on any atom is -0.485 e. The number of aliphatic imine (C=N–C) groups is 1. The Morgan fingerprint density at radius 3 is 2.82 bits per heavy atom. The van der Waals surface area contributed by atoms with Gasteiger partial charge in [0.1, 0.15) is 6.61 Å². The van der Waals surface area contributed by atoms with Crippen LogP contribution in [0.25, 0.3) is 0 Å². The third-order valence-electron chi connectivity index (χ3n) is 7.21. The van der Waals surface area contributed by atoms with E-state index >= 15 is 0 Å². The molecule has 1 atom stereocenters. The second-order valence-corrected chi connectivity index (χ2v) is 9.65. The molecule has 0 aromatic carbocycles. The Balaban J connectivity index is 1.36. The van der Waals surface area contributed by atoms with Crippen LogP contribution in [-0.4, -0.2) is 86.2 Å². The van der Waals surface area contributed by atoms with E-state index in [4.69, 9.17) is 14.5 Å². The van der Waals surface area contributed by atoms with Crippen molar-refractivity contribution in [2.75, 3.05) is 58.4 Å². The van der Waals surface area contributed by atoms with E-state index in [0.29, 0.717) is 12.6 Å². The highest BCUT2D eigenvalue weighted by Gasteiger charge is 2.30. The topological polar surface area (TPSA) is 77.5 Å². The molecule has 4 aliphatic heterocycles. The minimum absolute atomic E-state index is 0.228. The van der Waals surface area contributed by atoms with Crippen LogP contribution < -0.4 is 15.6 Å². The molecular formula is C25H37N7O2. The first-order valence-electron chi connectivity index (χ1n) is 12.3. The maximum Gasteiger partial charge on any atom is 0.160 e. The van der Waals surface area contributed by atoms with Gasteiger partial charge in [0.05, 0.1) is 36.2 Å². The molecule has 2 N–H and O–H groups in total. The molecule has 4 aliphatic rings. The van der Waals surface area contributed by atoms with Gasteiger partial charge in [-0.3, -0.25) is 0 Å². The molecule has 0 bridgehead atoms. The van der Waals surface area contributed by atoms with Gasteiger partial charge in [-0.1, -0.05) is 0 Å². The fourth-order valence-electron chi connectivity index (χ4n) is 5.23. The Kier molecular flexibility index (Phi) is 6.76. The molecule has 5 rings (SSSR count). The van der Waals surface area contributed by atoms with Crippen LogP contribution >= 0.6 is 0 Å². The van der Waals surface area contributed by atoms with Gasteiger partial charge < -0.3 is 29.6 Å². The molecule has 0 spiro atoms. The third-order valence-corrected chi connectivity index (χ3v) is 7.21. The SMILES string of the molecule is CNN(/C=C(\C)C1CCC2=Nc3nccc(N4CCOCC4)c3COC2=C(C)N1)C1CN(C)C1. The molecule has 5 heterocycles. The zero-order chi connectivity index (χ0) is 23.7. The van der Waals surface area contributed by atoms with Crippen LogP contribution in [0.1, 0.15) is 32.3 Å². The summed E-state index contributed by atoms with van der Waals surface area (Å²) < 4.78 is 11.9. The van der Waals surface area contributed by atoms with E-state index in [-0.39, 0.29) is 6.04 Å². The number of rotatable bonds is 5. The number of aromatic nitrogens is 1. The molecule has 1 unspecified atom stereocenters. The normalized spacial score (nSPS) is 24.1. The zero-order valence-electron chi connectivity index (χ0n) is 20.8. The molecule has 2 saturated heterocycles. The molecule has 0 radical (unpaired) electrons. The third kappa shape index (κ3) is 4.64. The van der Waals surface area contributed by atoms with Crippen molar-refractivity contribution in [3.63, 3.8) is 0 Å². The summed E-state index contributed by atoms with van der Waals surface area (Å²) in [6.45, 7) is 10.2. The molecule has 0 amide bonds. The molecule has 1 aromatic rings. The Morgan fingerprint density at radius 1 is 1.29 bits per heavy atom. The second-order valence-electron chi connectivity index (χ2n) is 9.65. The molecule has 9 heteroatoms. The average molecular weight is 468 g/mol. The van der Waals surface area contributed by atoms with Gasteiger partial charge in [0.25, 0.3) is 0 Å². The summed E-state index contributed by atoms with van der Waals surface area (Å²) in [4.78, 5) is 14.3. The molecular weight excluding hydrogens is 430 g/mol. The molecule has 0 aliphatic carbocycles. The Hall–Kier alpha value is -2.62. The highest BCUT2D eigenvalue weighted by atomic mass is 16.5. The maximum absolute atomic E-state index is 6.40. The molecule has 1 aromatic heterocycles. The zero-order valence-corrected chi connectivity index (χ0v) is 20.8. The molecule has 184 valence electrons. The minimum atomic E-state index is 0.228. The number of pyridine rings is 1. The highest BCUT2D eigenvalue weighted by Crippen LogP contribution is 2.34. The number of morpholine rings is 1. The quantitative estimate of drug-likeness (QED) is 0.638. The summed E-state index contributed by atoms with van der Waals surface area (Å²) >= 11 is 0. The van der Waals surface area contributed by atoms with Gasteiger partial charge in [-0.05, 0) is 45.4 Å². The van der Waals surface area contributed by atoms with Crippen molar-refractivity contribution in [2.24, 2.45) is 4.99 Å². The van der Waals surface area contributed by atoms with E-state index in [1.807, 2.05) is 13.2 Å². The number of likely N-dealkylation sites (tertiary alicyclic amines) is 1. The lowest BCUT2D eigenvalue weighted by Gasteiger charge is -2.43. The standard InChI is InChI=1S/C25H37N7O2/c1-17(13-32(26-3)19-14-30(4)15-19)21-5-6-22-24(18(2)28-21)34-16-20-23(7-8-27-25(20)29-22)31-9-11-33-12-10-31/h7-8,13,19,21,26,28H,5-6,9-12,14-16H2,1-4H3/b17-13+. The summed E-state index contributed by atoms with van der Waals surface area (Å²) in [5.41, 5.74) is 8.89. The number of hydrogen-bond acceptors (Lipinski definition) is 9. The van der Waals surface area contributed by atoms with Crippen LogP contribution in [0.2, 0.25) is 0 Å². The predicted molar refractivity (Wildman–Crippen MR) is 134 cm³/mol. The Morgan fingerprint density at radius 2 is 2.09 bits per heavy atom. The molecule has 9 nitrogen and oxygen atoms in total. The number of allylic oxidation sites excluding steroid dienone is 2. The lowest BCUT2D eigenvalue weighted by molar-refractivity contribution is 0.0583. The van der Waals surface area contributed by atoms with E-state index in [2.05, 4.69) is 63.7 Å². The van der Waals surface area contributed by atoms with Crippen molar-refractivity contribution < 1.29 is 9.47 Å². The number of anilines is 1. The molecule has 34 heavy (non-hydrogen) atoms. The first kappa shape index (κ1) is 23.1. The van der Waals surface area contributed by atoms with Crippen LogP contribution in [-0.2, 0) is 16.1 Å². The number of nitrogens with one attached hydrogen (secondary N) is 2. The van der Waals surface area contributed by atoms with Crippen molar-refractivity contribution in [3.8, 4) is 0 Å². The van der Waals surface area contributed by atoms with E-state index in [0.717, 1.165) is 86.5 Å². The highest BCUT2D eigenvalue weighted by molar-refractivity contribution is 6.01. The van der Waals surface area contributed by atoms with Crippen LogP contribution in [0, 0.1) is 0 Å². The van der Waals surface area contributed by atoms with Crippen LogP contribution in [0.3, 0.4) is 0 Å². The van der Waals surface area contributed by atoms with E-state index in [9.17, 15) is 0 Å². The van der Waals surface area contributed by atoms with Gasteiger partial charge in [0.15, 0.2) is 11.6 Å². The van der Waals surface area contributed by atoms with Gasteiger partial charge in [-0.15, -0.1) is 0 Å². The van der Waals surface area contributed by atoms with E-state index < -0.39 is 0 Å². The van der Waals surface area contributed by atoms with Crippen molar-refractivity contribution in [1.29, 1.82) is 0 Å². The molecule has 2 fully saturated rings.